The van der Waals surface area contributed by atoms with Crippen molar-refractivity contribution in [1.29, 1.82) is 0 Å². The molecule has 0 fully saturated rings. The van der Waals surface area contributed by atoms with E-state index in [1.54, 1.807) is 17.4 Å². The molecule has 0 saturated carbocycles. The molecule has 0 amide bonds. The van der Waals surface area contributed by atoms with Gasteiger partial charge in [-0.3, -0.25) is 0 Å². The average molecular weight is 277 g/mol. The van der Waals surface area contributed by atoms with Gasteiger partial charge in [0, 0.05) is 18.0 Å². The summed E-state index contributed by atoms with van der Waals surface area (Å²) in [7, 11) is 0. The first-order valence-corrected chi connectivity index (χ1v) is 6.78. The second-order valence-electron chi connectivity index (χ2n) is 4.01. The van der Waals surface area contributed by atoms with Crippen LogP contribution in [0.15, 0.2) is 41.8 Å². The predicted molar refractivity (Wildman–Crippen MR) is 74.4 cm³/mol. The highest BCUT2D eigenvalue weighted by molar-refractivity contribution is 7.09. The first kappa shape index (κ1) is 13.6. The van der Waals surface area contributed by atoms with Gasteiger partial charge in [0.25, 0.3) is 0 Å². The van der Waals surface area contributed by atoms with Crippen LogP contribution in [0.25, 0.3) is 0 Å². The van der Waals surface area contributed by atoms with Crippen molar-refractivity contribution in [2.24, 2.45) is 0 Å². The summed E-state index contributed by atoms with van der Waals surface area (Å²) in [5.74, 6) is -0.390. The number of aliphatic carboxylic acids is 1. The molecule has 19 heavy (non-hydrogen) atoms. The molecule has 0 unspecified atom stereocenters. The number of ether oxygens (including phenoxy) is 1. The SMILES string of the molecule is O=C(O)COc1cccc(CNCc2cccs2)c1. The Morgan fingerprint density at radius 1 is 1.26 bits per heavy atom. The summed E-state index contributed by atoms with van der Waals surface area (Å²) in [5.41, 5.74) is 1.07. The first-order valence-electron chi connectivity index (χ1n) is 5.90. The number of thiophene rings is 1. The van der Waals surface area contributed by atoms with Crippen LogP contribution in [0.5, 0.6) is 5.75 Å². The third-order valence-electron chi connectivity index (χ3n) is 2.47. The molecule has 1 heterocycles. The van der Waals surface area contributed by atoms with Crippen LogP contribution >= 0.6 is 11.3 Å². The zero-order chi connectivity index (χ0) is 13.5. The van der Waals surface area contributed by atoms with Crippen LogP contribution in [0.2, 0.25) is 0 Å². The maximum absolute atomic E-state index is 10.4. The highest BCUT2D eigenvalue weighted by Crippen LogP contribution is 2.14. The Hall–Kier alpha value is -1.85. The van der Waals surface area contributed by atoms with E-state index in [2.05, 4.69) is 16.8 Å². The van der Waals surface area contributed by atoms with Gasteiger partial charge in [0.1, 0.15) is 5.75 Å². The molecule has 4 nitrogen and oxygen atoms in total. The zero-order valence-electron chi connectivity index (χ0n) is 10.3. The molecule has 2 rings (SSSR count). The van der Waals surface area contributed by atoms with Crippen LogP contribution in [-0.4, -0.2) is 17.7 Å². The molecule has 1 aromatic carbocycles. The van der Waals surface area contributed by atoms with Crippen molar-refractivity contribution in [3.05, 3.63) is 52.2 Å². The number of benzene rings is 1. The lowest BCUT2D eigenvalue weighted by Crippen LogP contribution is -2.12. The summed E-state index contributed by atoms with van der Waals surface area (Å²) in [6.07, 6.45) is 0. The summed E-state index contributed by atoms with van der Waals surface area (Å²) in [6, 6.07) is 11.6. The molecular weight excluding hydrogens is 262 g/mol. The maximum Gasteiger partial charge on any atom is 0.341 e. The maximum atomic E-state index is 10.4. The van der Waals surface area contributed by atoms with Gasteiger partial charge in [-0.15, -0.1) is 11.3 Å². The molecule has 5 heteroatoms. The summed E-state index contributed by atoms with van der Waals surface area (Å²) in [6.45, 7) is 1.24. The van der Waals surface area contributed by atoms with Crippen LogP contribution < -0.4 is 10.1 Å². The molecular formula is C14H15NO3S. The first-order chi connectivity index (χ1) is 9.24. The summed E-state index contributed by atoms with van der Waals surface area (Å²) in [4.78, 5) is 11.7. The molecule has 0 atom stereocenters. The minimum Gasteiger partial charge on any atom is -0.482 e. The van der Waals surface area contributed by atoms with Crippen LogP contribution in [0, 0.1) is 0 Å². The summed E-state index contributed by atoms with van der Waals surface area (Å²) < 4.78 is 5.14. The van der Waals surface area contributed by atoms with E-state index in [9.17, 15) is 4.79 Å². The standard InChI is InChI=1S/C14H15NO3S/c16-14(17)10-18-12-4-1-3-11(7-12)8-15-9-13-5-2-6-19-13/h1-7,15H,8-10H2,(H,16,17). The van der Waals surface area contributed by atoms with Gasteiger partial charge < -0.3 is 15.2 Å². The molecule has 2 aromatic rings. The second kappa shape index (κ2) is 6.92. The van der Waals surface area contributed by atoms with Gasteiger partial charge in [-0.25, -0.2) is 4.79 Å². The van der Waals surface area contributed by atoms with Gasteiger partial charge in [-0.2, -0.15) is 0 Å². The van der Waals surface area contributed by atoms with E-state index in [1.165, 1.54) is 4.88 Å². The fraction of sp³-hybridized carbons (Fsp3) is 0.214. The molecule has 0 saturated heterocycles. The molecule has 0 aliphatic heterocycles. The minimum atomic E-state index is -0.971. The van der Waals surface area contributed by atoms with E-state index in [0.717, 1.165) is 18.7 Å². The van der Waals surface area contributed by atoms with E-state index < -0.39 is 5.97 Å². The van der Waals surface area contributed by atoms with Crippen molar-refractivity contribution in [2.45, 2.75) is 13.1 Å². The van der Waals surface area contributed by atoms with Gasteiger partial charge in [-0.1, -0.05) is 18.2 Å². The molecule has 2 N–H and O–H groups in total. The smallest absolute Gasteiger partial charge is 0.341 e. The number of carbonyl (C=O) groups is 1. The third kappa shape index (κ3) is 4.73. The summed E-state index contributed by atoms with van der Waals surface area (Å²) in [5, 5.41) is 13.9. The Kier molecular flexibility index (Phi) is 4.94. The molecule has 0 spiro atoms. The van der Waals surface area contributed by atoms with Crippen molar-refractivity contribution in [3.63, 3.8) is 0 Å². The van der Waals surface area contributed by atoms with E-state index in [1.807, 2.05) is 24.3 Å². The quantitative estimate of drug-likeness (QED) is 0.816. The van der Waals surface area contributed by atoms with Gasteiger partial charge in [0.15, 0.2) is 6.61 Å². The second-order valence-corrected chi connectivity index (χ2v) is 5.04. The van der Waals surface area contributed by atoms with Gasteiger partial charge >= 0.3 is 5.97 Å². The Morgan fingerprint density at radius 2 is 2.16 bits per heavy atom. The van der Waals surface area contributed by atoms with Gasteiger partial charge in [0.05, 0.1) is 0 Å². The Balaban J connectivity index is 1.82. The largest absolute Gasteiger partial charge is 0.482 e. The lowest BCUT2D eigenvalue weighted by Gasteiger charge is -2.07. The van der Waals surface area contributed by atoms with Crippen molar-refractivity contribution < 1.29 is 14.6 Å². The highest BCUT2D eigenvalue weighted by atomic mass is 32.1. The van der Waals surface area contributed by atoms with E-state index in [0.29, 0.717) is 5.75 Å². The fourth-order valence-electron chi connectivity index (χ4n) is 1.63. The number of nitrogens with one attached hydrogen (secondary N) is 1. The number of hydrogen-bond donors (Lipinski definition) is 2. The topological polar surface area (TPSA) is 58.6 Å². The van der Waals surface area contributed by atoms with Gasteiger partial charge in [0.2, 0.25) is 0 Å². The number of carboxylic acids is 1. The highest BCUT2D eigenvalue weighted by Gasteiger charge is 2.01. The van der Waals surface area contributed by atoms with E-state index in [-0.39, 0.29) is 6.61 Å². The lowest BCUT2D eigenvalue weighted by molar-refractivity contribution is -0.139. The number of carboxylic acid groups (broad SMARTS) is 1. The van der Waals surface area contributed by atoms with Crippen molar-refractivity contribution in [1.82, 2.24) is 5.32 Å². The normalized spacial score (nSPS) is 10.3. The van der Waals surface area contributed by atoms with Crippen LogP contribution in [-0.2, 0) is 17.9 Å². The minimum absolute atomic E-state index is 0.313. The Bertz CT molecular complexity index is 525. The number of rotatable bonds is 7. The van der Waals surface area contributed by atoms with Crippen molar-refractivity contribution >= 4 is 17.3 Å². The monoisotopic (exact) mass is 277 g/mol. The van der Waals surface area contributed by atoms with E-state index >= 15 is 0 Å². The van der Waals surface area contributed by atoms with Crippen LogP contribution in [0.3, 0.4) is 0 Å². The third-order valence-corrected chi connectivity index (χ3v) is 3.35. The van der Waals surface area contributed by atoms with Crippen LogP contribution in [0.4, 0.5) is 0 Å². The molecule has 0 aliphatic rings. The number of hydrogen-bond acceptors (Lipinski definition) is 4. The molecule has 0 radical (unpaired) electrons. The fourth-order valence-corrected chi connectivity index (χ4v) is 2.31. The van der Waals surface area contributed by atoms with E-state index in [4.69, 9.17) is 9.84 Å². The molecule has 0 aliphatic carbocycles. The zero-order valence-corrected chi connectivity index (χ0v) is 11.2. The molecule has 100 valence electrons. The predicted octanol–water partition coefficient (Wildman–Crippen LogP) is 2.50. The van der Waals surface area contributed by atoms with Crippen molar-refractivity contribution in [2.75, 3.05) is 6.61 Å². The van der Waals surface area contributed by atoms with Crippen molar-refractivity contribution in [3.8, 4) is 5.75 Å². The summed E-state index contributed by atoms with van der Waals surface area (Å²) >= 11 is 1.72. The van der Waals surface area contributed by atoms with Gasteiger partial charge in [-0.05, 0) is 29.1 Å². The molecule has 0 bridgehead atoms. The average Bonchev–Trinajstić information content (AvgIpc) is 2.90. The molecule has 1 aromatic heterocycles. The lowest BCUT2D eigenvalue weighted by atomic mass is 10.2. The van der Waals surface area contributed by atoms with Crippen LogP contribution in [0.1, 0.15) is 10.4 Å². The Morgan fingerprint density at radius 3 is 2.89 bits per heavy atom. The Labute approximate surface area is 115 Å².